The van der Waals surface area contributed by atoms with E-state index in [1.54, 1.807) is 6.07 Å². The summed E-state index contributed by atoms with van der Waals surface area (Å²) in [6.45, 7) is 13.0. The van der Waals surface area contributed by atoms with Gasteiger partial charge in [0.25, 0.3) is 0 Å². The zero-order chi connectivity index (χ0) is 33.2. The Balaban J connectivity index is 0.000000212. The van der Waals surface area contributed by atoms with Crippen LogP contribution in [0, 0.1) is 43.6 Å². The molecule has 2 aromatic carbocycles. The van der Waals surface area contributed by atoms with Crippen LogP contribution < -0.4 is 4.40 Å². The SMILES string of the molecule is CC(C)Cc1cc(-c2[c-]ccc(F)c2)nc[c]1[Ge]([CH3])([CH3])[CH3].Cc1ccc2c(n1)oc1c(-c3cc(CC(C)C)c(C)cn3)[c-]ccc12.[Ir]. The molecule has 0 amide bonds. The van der Waals surface area contributed by atoms with Crippen LogP contribution in [0.3, 0.4) is 0 Å². The molecule has 0 bridgehead atoms. The van der Waals surface area contributed by atoms with Crippen LogP contribution in [0.25, 0.3) is 44.6 Å². The Kier molecular flexibility index (Phi) is 12.0. The number of furan rings is 1. The minimum absolute atomic E-state index is 0. The fraction of sp³-hybridized carbons (Fsp3) is 0.325. The van der Waals surface area contributed by atoms with E-state index in [-0.39, 0.29) is 25.9 Å². The van der Waals surface area contributed by atoms with Crippen molar-refractivity contribution in [2.75, 3.05) is 0 Å². The zero-order valence-electron chi connectivity index (χ0n) is 28.9. The summed E-state index contributed by atoms with van der Waals surface area (Å²) >= 11 is -1.95. The molecule has 0 spiro atoms. The van der Waals surface area contributed by atoms with Gasteiger partial charge < -0.3 is 9.40 Å². The van der Waals surface area contributed by atoms with Crippen LogP contribution in [0.15, 0.2) is 71.4 Å². The average molecular weight is 867 g/mol. The summed E-state index contributed by atoms with van der Waals surface area (Å²) in [5.41, 5.74) is 9.72. The van der Waals surface area contributed by atoms with Crippen LogP contribution in [0.4, 0.5) is 4.39 Å². The van der Waals surface area contributed by atoms with E-state index >= 15 is 0 Å². The topological polar surface area (TPSA) is 51.8 Å². The zero-order valence-corrected chi connectivity index (χ0v) is 33.4. The van der Waals surface area contributed by atoms with E-state index in [9.17, 15) is 4.39 Å². The van der Waals surface area contributed by atoms with Gasteiger partial charge in [-0.25, -0.2) is 4.98 Å². The van der Waals surface area contributed by atoms with Gasteiger partial charge in [0.05, 0.1) is 5.58 Å². The number of benzene rings is 2. The molecule has 4 nitrogen and oxygen atoms in total. The molecule has 0 aliphatic carbocycles. The molecule has 247 valence electrons. The van der Waals surface area contributed by atoms with E-state index < -0.39 is 13.3 Å². The fourth-order valence-electron chi connectivity index (χ4n) is 5.78. The summed E-state index contributed by atoms with van der Waals surface area (Å²) in [6, 6.07) is 23.3. The Bertz CT molecular complexity index is 1990. The molecule has 4 heterocycles. The summed E-state index contributed by atoms with van der Waals surface area (Å²) in [4.78, 5) is 13.7. The van der Waals surface area contributed by atoms with Gasteiger partial charge in [0.15, 0.2) is 0 Å². The Hall–Kier alpha value is -3.19. The summed E-state index contributed by atoms with van der Waals surface area (Å²) in [5, 5.41) is 2.09. The Morgan fingerprint density at radius 1 is 0.787 bits per heavy atom. The van der Waals surface area contributed by atoms with Gasteiger partial charge in [-0.1, -0.05) is 36.4 Å². The number of aryl methyl sites for hydroxylation is 2. The van der Waals surface area contributed by atoms with E-state index in [2.05, 4.69) is 97.2 Å². The smallest absolute Gasteiger partial charge is 0.216 e. The van der Waals surface area contributed by atoms with Gasteiger partial charge in [-0.05, 0) is 49.6 Å². The van der Waals surface area contributed by atoms with Crippen molar-refractivity contribution < 1.29 is 28.9 Å². The minimum Gasteiger partial charge on any atom is -0.486 e. The number of rotatable bonds is 7. The van der Waals surface area contributed by atoms with Crippen molar-refractivity contribution in [1.82, 2.24) is 15.0 Å². The second-order valence-corrected chi connectivity index (χ2v) is 24.7. The first-order valence-corrected chi connectivity index (χ1v) is 23.5. The summed E-state index contributed by atoms with van der Waals surface area (Å²) < 4.78 is 20.9. The molecule has 0 unspecified atom stereocenters. The Morgan fingerprint density at radius 3 is 2.13 bits per heavy atom. The monoisotopic (exact) mass is 868 g/mol. The number of halogens is 1. The number of nitrogens with zero attached hydrogens (tertiary/aromatic N) is 3. The molecule has 7 heteroatoms. The van der Waals surface area contributed by atoms with Crippen molar-refractivity contribution in [2.45, 2.75) is 71.7 Å². The van der Waals surface area contributed by atoms with E-state index in [0.717, 1.165) is 57.4 Å². The van der Waals surface area contributed by atoms with Gasteiger partial charge in [-0.2, -0.15) is 0 Å². The number of hydrogen-bond donors (Lipinski definition) is 0. The third-order valence-corrected chi connectivity index (χ3v) is 12.3. The van der Waals surface area contributed by atoms with Gasteiger partial charge in [0.2, 0.25) is 5.71 Å². The summed E-state index contributed by atoms with van der Waals surface area (Å²) in [5.74, 6) is 8.11. The number of hydrogen-bond acceptors (Lipinski definition) is 4. The molecule has 4 aromatic heterocycles. The van der Waals surface area contributed by atoms with Crippen molar-refractivity contribution in [3.8, 4) is 22.5 Å². The Morgan fingerprint density at radius 2 is 1.45 bits per heavy atom. The molecule has 0 saturated carbocycles. The van der Waals surface area contributed by atoms with Crippen molar-refractivity contribution in [1.29, 1.82) is 0 Å². The van der Waals surface area contributed by atoms with Crippen molar-refractivity contribution >= 4 is 39.7 Å². The number of fused-ring (bicyclic) bond motifs is 3. The van der Waals surface area contributed by atoms with E-state index in [4.69, 9.17) is 4.42 Å². The normalized spacial score (nSPS) is 11.6. The first kappa shape index (κ1) is 36.6. The summed E-state index contributed by atoms with van der Waals surface area (Å²) in [6.07, 6.45) is 6.05. The predicted molar refractivity (Wildman–Crippen MR) is 192 cm³/mol. The first-order valence-electron chi connectivity index (χ1n) is 16.1. The molecular formula is C40H44FGeIrN3O-2. The van der Waals surface area contributed by atoms with E-state index in [1.807, 2.05) is 37.5 Å². The molecular weight excluding hydrogens is 822 g/mol. The number of aromatic nitrogens is 3. The van der Waals surface area contributed by atoms with Crippen molar-refractivity contribution in [3.63, 3.8) is 0 Å². The molecule has 6 aromatic rings. The minimum atomic E-state index is -1.95. The average Bonchev–Trinajstić information content (AvgIpc) is 3.35. The standard InChI is InChI=1S/C22H21N2O.C18H23FGeN.Ir/c1-13(2)10-16-11-20(23-12-14(16)3)19-7-5-6-17-18-9-8-15(4)24-22(18)25-21(17)19;1-13(2)9-15-11-18(14-7-6-8-16(19)10-14)21-12-17(15)20(3,4)5;/h5-6,8-9,11-13H,10H2,1-4H3;6,8,10-13H,9H2,1-5H3;/q2*-1;. The van der Waals surface area contributed by atoms with Gasteiger partial charge in [0.1, 0.15) is 0 Å². The quantitative estimate of drug-likeness (QED) is 0.119. The third-order valence-electron chi connectivity index (χ3n) is 8.00. The molecule has 0 atom stereocenters. The molecule has 0 aliphatic rings. The fourth-order valence-corrected chi connectivity index (χ4v) is 9.12. The second-order valence-electron chi connectivity index (χ2n) is 14.1. The largest absolute Gasteiger partial charge is 0.486 e. The van der Waals surface area contributed by atoms with Crippen LogP contribution in [0.5, 0.6) is 0 Å². The summed E-state index contributed by atoms with van der Waals surface area (Å²) in [7, 11) is 0. The van der Waals surface area contributed by atoms with Crippen LogP contribution in [0.1, 0.15) is 50.1 Å². The first-order chi connectivity index (χ1) is 21.8. The number of pyridine rings is 3. The van der Waals surface area contributed by atoms with Crippen LogP contribution in [0.2, 0.25) is 17.3 Å². The van der Waals surface area contributed by atoms with Crippen molar-refractivity contribution in [2.24, 2.45) is 11.8 Å². The Labute approximate surface area is 295 Å². The predicted octanol–water partition coefficient (Wildman–Crippen LogP) is 10.1. The van der Waals surface area contributed by atoms with E-state index in [1.165, 1.54) is 33.2 Å². The second kappa shape index (κ2) is 15.4. The molecule has 0 N–H and O–H groups in total. The van der Waals surface area contributed by atoms with E-state index in [0.29, 0.717) is 17.5 Å². The maximum Gasteiger partial charge on any atom is 0.216 e. The third kappa shape index (κ3) is 8.84. The van der Waals surface area contributed by atoms with Crippen LogP contribution >= 0.6 is 0 Å². The van der Waals surface area contributed by atoms with Gasteiger partial charge in [-0.15, -0.1) is 18.2 Å². The molecule has 0 fully saturated rings. The molecule has 6 rings (SSSR count). The maximum atomic E-state index is 13.4. The van der Waals surface area contributed by atoms with Gasteiger partial charge in [-0.3, -0.25) is 0 Å². The van der Waals surface area contributed by atoms with Crippen molar-refractivity contribution in [3.05, 3.63) is 107 Å². The molecule has 47 heavy (non-hydrogen) atoms. The molecule has 1 radical (unpaired) electrons. The molecule has 0 saturated heterocycles. The van der Waals surface area contributed by atoms with Gasteiger partial charge >= 0.3 is 130 Å². The van der Waals surface area contributed by atoms with Crippen LogP contribution in [-0.4, -0.2) is 28.2 Å². The molecule has 0 aliphatic heterocycles. The van der Waals surface area contributed by atoms with Gasteiger partial charge in [0, 0.05) is 37.4 Å². The van der Waals surface area contributed by atoms with Crippen LogP contribution in [-0.2, 0) is 32.9 Å². The maximum absolute atomic E-state index is 13.4.